The van der Waals surface area contributed by atoms with Gasteiger partial charge >= 0.3 is 0 Å². The predicted molar refractivity (Wildman–Crippen MR) is 62.7 cm³/mol. The van der Waals surface area contributed by atoms with Gasteiger partial charge in [0.1, 0.15) is 5.41 Å². The molecule has 0 aromatic carbocycles. The summed E-state index contributed by atoms with van der Waals surface area (Å²) in [7, 11) is 3.98. The van der Waals surface area contributed by atoms with Crippen LogP contribution < -0.4 is 0 Å². The van der Waals surface area contributed by atoms with Crippen molar-refractivity contribution < 1.29 is 4.79 Å². The van der Waals surface area contributed by atoms with Crippen molar-refractivity contribution in [3.63, 3.8) is 0 Å². The summed E-state index contributed by atoms with van der Waals surface area (Å²) in [6.45, 7) is 4.40. The molecule has 1 aliphatic carbocycles. The average molecular weight is 223 g/mol. The van der Waals surface area contributed by atoms with Crippen LogP contribution in [0.2, 0.25) is 0 Å². The lowest BCUT2D eigenvalue weighted by Crippen LogP contribution is -2.41. The first-order chi connectivity index (χ1) is 7.55. The smallest absolute Gasteiger partial charge is 0.243 e. The second-order valence-electron chi connectivity index (χ2n) is 4.79. The Hall–Kier alpha value is -1.08. The van der Waals surface area contributed by atoms with E-state index in [9.17, 15) is 4.79 Å². The minimum Gasteiger partial charge on any atom is -0.340 e. The molecule has 0 aromatic heterocycles. The van der Waals surface area contributed by atoms with Crippen molar-refractivity contribution in [3.05, 3.63) is 0 Å². The maximum atomic E-state index is 12.1. The van der Waals surface area contributed by atoms with E-state index < -0.39 is 5.41 Å². The van der Waals surface area contributed by atoms with Gasteiger partial charge in [-0.3, -0.25) is 4.79 Å². The molecule has 90 valence electrons. The number of nitrogens with zero attached hydrogens (tertiary/aromatic N) is 3. The molecule has 0 aromatic rings. The lowest BCUT2D eigenvalue weighted by atomic mass is 10.1. The van der Waals surface area contributed by atoms with Gasteiger partial charge in [-0.1, -0.05) is 6.92 Å². The first-order valence-corrected chi connectivity index (χ1v) is 5.91. The van der Waals surface area contributed by atoms with Crippen LogP contribution in [0.4, 0.5) is 0 Å². The first kappa shape index (κ1) is 13.0. The fourth-order valence-corrected chi connectivity index (χ4v) is 1.71. The van der Waals surface area contributed by atoms with Crippen LogP contribution in [0.3, 0.4) is 0 Å². The number of nitriles is 1. The number of carbonyl (C=O) groups excluding carboxylic acids is 1. The summed E-state index contributed by atoms with van der Waals surface area (Å²) >= 11 is 0. The Bertz CT molecular complexity index is 289. The summed E-state index contributed by atoms with van der Waals surface area (Å²) in [6.07, 6.45) is 2.43. The third-order valence-electron chi connectivity index (χ3n) is 2.97. The van der Waals surface area contributed by atoms with Gasteiger partial charge in [-0.05, 0) is 33.4 Å². The standard InChI is InChI=1S/C12H21N3O/c1-4-7-15(9-8-14(2)3)11(16)12(10-13)5-6-12/h4-9H2,1-3H3. The molecule has 16 heavy (non-hydrogen) atoms. The summed E-state index contributed by atoms with van der Waals surface area (Å²) in [5, 5.41) is 9.01. The Morgan fingerprint density at radius 2 is 1.94 bits per heavy atom. The monoisotopic (exact) mass is 223 g/mol. The fraction of sp³-hybridized carbons (Fsp3) is 0.833. The molecule has 0 radical (unpaired) electrons. The van der Waals surface area contributed by atoms with E-state index in [-0.39, 0.29) is 5.91 Å². The Labute approximate surface area is 97.8 Å². The normalized spacial score (nSPS) is 16.9. The van der Waals surface area contributed by atoms with E-state index in [1.54, 1.807) is 0 Å². The van der Waals surface area contributed by atoms with Gasteiger partial charge in [-0.15, -0.1) is 0 Å². The molecule has 1 aliphatic rings. The average Bonchev–Trinajstić information content (AvgIpc) is 3.04. The van der Waals surface area contributed by atoms with Gasteiger partial charge in [-0.25, -0.2) is 0 Å². The number of carbonyl (C=O) groups is 1. The van der Waals surface area contributed by atoms with Crippen LogP contribution in [0.25, 0.3) is 0 Å². The van der Waals surface area contributed by atoms with Crippen LogP contribution in [-0.4, -0.2) is 49.4 Å². The Kier molecular flexibility index (Phi) is 4.31. The third kappa shape index (κ3) is 2.96. The van der Waals surface area contributed by atoms with E-state index in [1.807, 2.05) is 19.0 Å². The van der Waals surface area contributed by atoms with Gasteiger partial charge in [0.25, 0.3) is 0 Å². The highest BCUT2D eigenvalue weighted by atomic mass is 16.2. The van der Waals surface area contributed by atoms with Gasteiger partial charge in [0.2, 0.25) is 5.91 Å². The highest BCUT2D eigenvalue weighted by Crippen LogP contribution is 2.46. The van der Waals surface area contributed by atoms with Crippen molar-refractivity contribution in [2.45, 2.75) is 26.2 Å². The zero-order chi connectivity index (χ0) is 12.2. The van der Waals surface area contributed by atoms with Crippen molar-refractivity contribution in [2.24, 2.45) is 5.41 Å². The summed E-state index contributed by atoms with van der Waals surface area (Å²) in [5.74, 6) is 0.0405. The number of amides is 1. The molecule has 1 fully saturated rings. The molecule has 0 saturated heterocycles. The molecule has 1 rings (SSSR count). The zero-order valence-corrected chi connectivity index (χ0v) is 10.5. The Balaban J connectivity index is 2.56. The lowest BCUT2D eigenvalue weighted by molar-refractivity contribution is -0.135. The van der Waals surface area contributed by atoms with Crippen molar-refractivity contribution in [1.29, 1.82) is 5.26 Å². The minimum atomic E-state index is -0.665. The minimum absolute atomic E-state index is 0.0405. The topological polar surface area (TPSA) is 47.3 Å². The molecular weight excluding hydrogens is 202 g/mol. The van der Waals surface area contributed by atoms with E-state index >= 15 is 0 Å². The highest BCUT2D eigenvalue weighted by molar-refractivity contribution is 5.88. The molecule has 4 nitrogen and oxygen atoms in total. The molecule has 4 heteroatoms. The van der Waals surface area contributed by atoms with Crippen molar-refractivity contribution in [3.8, 4) is 6.07 Å². The molecule has 0 unspecified atom stereocenters. The largest absolute Gasteiger partial charge is 0.340 e. The van der Waals surface area contributed by atoms with E-state index in [4.69, 9.17) is 5.26 Å². The Morgan fingerprint density at radius 3 is 2.31 bits per heavy atom. The number of likely N-dealkylation sites (N-methyl/N-ethyl adjacent to an activating group) is 1. The van der Waals surface area contributed by atoms with Gasteiger partial charge in [-0.2, -0.15) is 5.26 Å². The summed E-state index contributed by atoms with van der Waals surface area (Å²) < 4.78 is 0. The van der Waals surface area contributed by atoms with Gasteiger partial charge in [0, 0.05) is 19.6 Å². The fourth-order valence-electron chi connectivity index (χ4n) is 1.71. The van der Waals surface area contributed by atoms with Crippen LogP contribution in [0.15, 0.2) is 0 Å². The summed E-state index contributed by atoms with van der Waals surface area (Å²) in [4.78, 5) is 16.0. The molecule has 1 saturated carbocycles. The second kappa shape index (κ2) is 5.31. The van der Waals surface area contributed by atoms with Crippen molar-refractivity contribution in [1.82, 2.24) is 9.80 Å². The second-order valence-corrected chi connectivity index (χ2v) is 4.79. The SMILES string of the molecule is CCCN(CCN(C)C)C(=O)C1(C#N)CC1. The van der Waals surface area contributed by atoms with E-state index in [1.165, 1.54) is 0 Å². The molecule has 0 bridgehead atoms. The van der Waals surface area contributed by atoms with Crippen LogP contribution in [-0.2, 0) is 4.79 Å². The number of hydrogen-bond acceptors (Lipinski definition) is 3. The maximum absolute atomic E-state index is 12.1. The quantitative estimate of drug-likeness (QED) is 0.677. The number of rotatable bonds is 6. The third-order valence-corrected chi connectivity index (χ3v) is 2.97. The van der Waals surface area contributed by atoms with Crippen LogP contribution >= 0.6 is 0 Å². The molecule has 0 N–H and O–H groups in total. The van der Waals surface area contributed by atoms with Gasteiger partial charge in [0.15, 0.2) is 0 Å². The lowest BCUT2D eigenvalue weighted by Gasteiger charge is -2.25. The number of hydrogen-bond donors (Lipinski definition) is 0. The van der Waals surface area contributed by atoms with Crippen LogP contribution in [0.5, 0.6) is 0 Å². The Morgan fingerprint density at radius 1 is 1.31 bits per heavy atom. The van der Waals surface area contributed by atoms with Crippen molar-refractivity contribution >= 4 is 5.91 Å². The predicted octanol–water partition coefficient (Wildman–Crippen LogP) is 1.09. The van der Waals surface area contributed by atoms with Crippen LogP contribution in [0.1, 0.15) is 26.2 Å². The molecule has 0 spiro atoms. The zero-order valence-electron chi connectivity index (χ0n) is 10.5. The summed E-state index contributed by atoms with van der Waals surface area (Å²) in [5.41, 5.74) is -0.665. The molecule has 1 amide bonds. The summed E-state index contributed by atoms with van der Waals surface area (Å²) in [6, 6.07) is 2.17. The van der Waals surface area contributed by atoms with Crippen molar-refractivity contribution in [2.75, 3.05) is 33.7 Å². The van der Waals surface area contributed by atoms with Gasteiger partial charge in [0.05, 0.1) is 6.07 Å². The molecule has 0 aliphatic heterocycles. The van der Waals surface area contributed by atoms with E-state index in [0.29, 0.717) is 0 Å². The van der Waals surface area contributed by atoms with Crippen LogP contribution in [0, 0.1) is 16.7 Å². The molecule has 0 atom stereocenters. The van der Waals surface area contributed by atoms with E-state index in [0.717, 1.165) is 38.9 Å². The molecule has 0 heterocycles. The van der Waals surface area contributed by atoms with Gasteiger partial charge < -0.3 is 9.80 Å². The maximum Gasteiger partial charge on any atom is 0.243 e. The molecular formula is C12H21N3O. The first-order valence-electron chi connectivity index (χ1n) is 5.91. The highest BCUT2D eigenvalue weighted by Gasteiger charge is 2.52. The van der Waals surface area contributed by atoms with E-state index in [2.05, 4.69) is 17.9 Å².